The van der Waals surface area contributed by atoms with Gasteiger partial charge in [-0.15, -0.1) is 0 Å². The molecule has 0 radical (unpaired) electrons. The lowest BCUT2D eigenvalue weighted by Gasteiger charge is -2.33. The second-order valence-electron chi connectivity index (χ2n) is 10.1. The van der Waals surface area contributed by atoms with Gasteiger partial charge in [-0.1, -0.05) is 0 Å². The minimum atomic E-state index is -0.611. The summed E-state index contributed by atoms with van der Waals surface area (Å²) >= 11 is 0. The predicted octanol–water partition coefficient (Wildman–Crippen LogP) is 2.74. The molecule has 1 saturated heterocycles. The molecule has 0 aliphatic carbocycles. The van der Waals surface area contributed by atoms with E-state index in [9.17, 15) is 10.2 Å². The van der Waals surface area contributed by atoms with E-state index in [2.05, 4.69) is 0 Å². The number of aliphatic hydroxyl groups is 2. The molecule has 6 heteroatoms. The Labute approximate surface area is 159 Å². The third-order valence-electron chi connectivity index (χ3n) is 4.00. The molecule has 156 valence electrons. The average molecular weight is 377 g/mol. The Morgan fingerprint density at radius 2 is 1.38 bits per heavy atom. The zero-order chi connectivity index (χ0) is 20.3. The van der Waals surface area contributed by atoms with Crippen LogP contribution in [0.5, 0.6) is 0 Å². The third kappa shape index (κ3) is 7.79. The van der Waals surface area contributed by atoms with Crippen molar-refractivity contribution in [2.75, 3.05) is 19.8 Å². The summed E-state index contributed by atoms with van der Waals surface area (Å²) in [5.74, 6) is -0.576. The lowest BCUT2D eigenvalue weighted by molar-refractivity contribution is -0.239. The van der Waals surface area contributed by atoms with Gasteiger partial charge < -0.3 is 29.2 Å². The molecule has 5 atom stereocenters. The fourth-order valence-corrected chi connectivity index (χ4v) is 2.99. The van der Waals surface area contributed by atoms with Crippen LogP contribution in [0.15, 0.2) is 0 Å². The second kappa shape index (κ2) is 8.84. The quantitative estimate of drug-likeness (QED) is 0.711. The Morgan fingerprint density at radius 1 is 0.846 bits per heavy atom. The van der Waals surface area contributed by atoms with E-state index in [0.29, 0.717) is 6.61 Å². The van der Waals surface area contributed by atoms with E-state index >= 15 is 0 Å². The lowest BCUT2D eigenvalue weighted by atomic mass is 9.89. The normalized spacial score (nSPS) is 29.2. The van der Waals surface area contributed by atoms with Gasteiger partial charge in [0.05, 0.1) is 42.7 Å². The molecule has 0 aromatic heterocycles. The highest BCUT2D eigenvalue weighted by Crippen LogP contribution is 2.38. The SMILES string of the molecule is CC(C)(C)OC[C@@H](CO)[C@H]1O[C@H](OC(C)(C)C)[C@@H](OC(C)(C)C)C1CO. The zero-order valence-electron chi connectivity index (χ0n) is 18.0. The first-order valence-corrected chi connectivity index (χ1v) is 9.53. The van der Waals surface area contributed by atoms with Gasteiger partial charge in [-0.05, 0) is 62.3 Å². The number of rotatable bonds is 7. The molecule has 1 aliphatic rings. The fourth-order valence-electron chi connectivity index (χ4n) is 2.99. The maximum atomic E-state index is 10.1. The van der Waals surface area contributed by atoms with Crippen LogP contribution in [0.4, 0.5) is 0 Å². The van der Waals surface area contributed by atoms with Crippen LogP contribution in [0.25, 0.3) is 0 Å². The van der Waals surface area contributed by atoms with E-state index in [1.165, 1.54) is 0 Å². The molecule has 1 fully saturated rings. The summed E-state index contributed by atoms with van der Waals surface area (Å²) in [6.45, 7) is 17.8. The van der Waals surface area contributed by atoms with Crippen LogP contribution in [-0.2, 0) is 18.9 Å². The molecule has 0 amide bonds. The van der Waals surface area contributed by atoms with Crippen LogP contribution in [0.3, 0.4) is 0 Å². The van der Waals surface area contributed by atoms with Crippen molar-refractivity contribution in [2.45, 2.75) is 97.6 Å². The van der Waals surface area contributed by atoms with Crippen LogP contribution in [0, 0.1) is 11.8 Å². The fraction of sp³-hybridized carbons (Fsp3) is 1.00. The highest BCUT2D eigenvalue weighted by Gasteiger charge is 2.51. The Kier molecular flexibility index (Phi) is 8.09. The Hall–Kier alpha value is -0.240. The molecule has 1 rings (SSSR count). The van der Waals surface area contributed by atoms with E-state index in [-0.39, 0.29) is 30.7 Å². The highest BCUT2D eigenvalue weighted by atomic mass is 16.7. The van der Waals surface area contributed by atoms with Crippen molar-refractivity contribution in [1.29, 1.82) is 0 Å². The van der Waals surface area contributed by atoms with E-state index in [0.717, 1.165) is 0 Å². The molecular weight excluding hydrogens is 336 g/mol. The minimum Gasteiger partial charge on any atom is -0.396 e. The summed E-state index contributed by atoms with van der Waals surface area (Å²) in [5, 5.41) is 20.0. The van der Waals surface area contributed by atoms with Crippen LogP contribution in [0.2, 0.25) is 0 Å². The van der Waals surface area contributed by atoms with Crippen molar-refractivity contribution >= 4 is 0 Å². The largest absolute Gasteiger partial charge is 0.396 e. The minimum absolute atomic E-state index is 0.0955. The molecule has 0 spiro atoms. The van der Waals surface area contributed by atoms with Gasteiger partial charge in [0.25, 0.3) is 0 Å². The van der Waals surface area contributed by atoms with Crippen molar-refractivity contribution in [3.63, 3.8) is 0 Å². The Bertz CT molecular complexity index is 417. The van der Waals surface area contributed by atoms with Crippen molar-refractivity contribution in [2.24, 2.45) is 11.8 Å². The van der Waals surface area contributed by atoms with Crippen LogP contribution in [-0.4, -0.2) is 65.3 Å². The molecule has 0 bridgehead atoms. The number of hydrogen-bond donors (Lipinski definition) is 2. The standard InChI is InChI=1S/C20H40O6/c1-18(2,3)23-12-13(10-21)15-14(11-22)16(25-19(4,5)6)17(24-15)26-20(7,8)9/h13-17,21-22H,10-12H2,1-9H3/t13-,14?,15-,16+,17-/m1/s1. The molecule has 0 aromatic carbocycles. The van der Waals surface area contributed by atoms with E-state index in [1.807, 2.05) is 62.3 Å². The maximum Gasteiger partial charge on any atom is 0.185 e. The van der Waals surface area contributed by atoms with Gasteiger partial charge in [0.1, 0.15) is 6.10 Å². The summed E-state index contributed by atoms with van der Waals surface area (Å²) in [4.78, 5) is 0. The topological polar surface area (TPSA) is 77.4 Å². The van der Waals surface area contributed by atoms with E-state index < -0.39 is 29.7 Å². The molecule has 26 heavy (non-hydrogen) atoms. The molecule has 0 aromatic rings. The third-order valence-corrected chi connectivity index (χ3v) is 4.00. The first kappa shape index (κ1) is 23.8. The molecule has 2 N–H and O–H groups in total. The van der Waals surface area contributed by atoms with Crippen molar-refractivity contribution in [3.05, 3.63) is 0 Å². The van der Waals surface area contributed by atoms with Gasteiger partial charge in [-0.2, -0.15) is 0 Å². The second-order valence-corrected chi connectivity index (χ2v) is 10.1. The number of aliphatic hydroxyl groups excluding tert-OH is 2. The van der Waals surface area contributed by atoms with Gasteiger partial charge in [0, 0.05) is 11.8 Å². The number of hydrogen-bond acceptors (Lipinski definition) is 6. The van der Waals surface area contributed by atoms with Crippen LogP contribution >= 0.6 is 0 Å². The summed E-state index contributed by atoms with van der Waals surface area (Å²) < 4.78 is 24.3. The monoisotopic (exact) mass is 376 g/mol. The first-order chi connectivity index (χ1) is 11.7. The first-order valence-electron chi connectivity index (χ1n) is 9.53. The Balaban J connectivity index is 3.03. The van der Waals surface area contributed by atoms with Crippen molar-refractivity contribution in [1.82, 2.24) is 0 Å². The molecule has 0 saturated carbocycles. The molecule has 6 nitrogen and oxygen atoms in total. The maximum absolute atomic E-state index is 10.1. The van der Waals surface area contributed by atoms with Crippen molar-refractivity contribution in [3.8, 4) is 0 Å². The predicted molar refractivity (Wildman–Crippen MR) is 101 cm³/mol. The molecular formula is C20H40O6. The van der Waals surface area contributed by atoms with E-state index in [4.69, 9.17) is 18.9 Å². The molecule has 1 heterocycles. The average Bonchev–Trinajstić information content (AvgIpc) is 2.72. The van der Waals surface area contributed by atoms with Gasteiger partial charge in [-0.3, -0.25) is 0 Å². The highest BCUT2D eigenvalue weighted by molar-refractivity contribution is 4.93. The van der Waals surface area contributed by atoms with Gasteiger partial charge in [-0.25, -0.2) is 0 Å². The van der Waals surface area contributed by atoms with Gasteiger partial charge in [0.15, 0.2) is 6.29 Å². The molecule has 1 aliphatic heterocycles. The Morgan fingerprint density at radius 3 is 1.77 bits per heavy atom. The van der Waals surface area contributed by atoms with Crippen molar-refractivity contribution < 1.29 is 29.2 Å². The van der Waals surface area contributed by atoms with Gasteiger partial charge in [0.2, 0.25) is 0 Å². The summed E-state index contributed by atoms with van der Waals surface area (Å²) in [6, 6.07) is 0. The van der Waals surface area contributed by atoms with Gasteiger partial charge >= 0.3 is 0 Å². The lowest BCUT2D eigenvalue weighted by Crippen LogP contribution is -2.43. The molecule has 1 unspecified atom stereocenters. The summed E-state index contributed by atoms with van der Waals surface area (Å²) in [7, 11) is 0. The smallest absolute Gasteiger partial charge is 0.185 e. The van der Waals surface area contributed by atoms with E-state index in [1.54, 1.807) is 0 Å². The van der Waals surface area contributed by atoms with Crippen LogP contribution < -0.4 is 0 Å². The number of ether oxygens (including phenoxy) is 4. The summed E-state index contributed by atoms with van der Waals surface area (Å²) in [5.41, 5.74) is -1.15. The zero-order valence-corrected chi connectivity index (χ0v) is 18.0. The summed E-state index contributed by atoms with van der Waals surface area (Å²) in [6.07, 6.45) is -1.44. The van der Waals surface area contributed by atoms with Crippen LogP contribution in [0.1, 0.15) is 62.3 Å².